The average Bonchev–Trinajstić information content (AvgIpc) is 2.37. The van der Waals surface area contributed by atoms with Gasteiger partial charge in [0, 0.05) is 29.9 Å². The molecule has 0 aromatic carbocycles. The molecule has 0 aliphatic heterocycles. The van der Waals surface area contributed by atoms with Crippen molar-refractivity contribution in [1.82, 2.24) is 10.3 Å². The Hall–Kier alpha value is -1.49. The Balaban J connectivity index is 2.65. The first-order chi connectivity index (χ1) is 9.47. The molecule has 1 N–H and O–H groups in total. The van der Waals surface area contributed by atoms with Gasteiger partial charge in [-0.2, -0.15) is 0 Å². The number of aryl methyl sites for hydroxylation is 1. The molecule has 112 valence electrons. The van der Waals surface area contributed by atoms with Gasteiger partial charge in [-0.3, -0.25) is 15.1 Å². The van der Waals surface area contributed by atoms with Crippen LogP contribution in [0.5, 0.6) is 0 Å². The molecule has 1 unspecified atom stereocenters. The van der Waals surface area contributed by atoms with Crippen LogP contribution in [0.1, 0.15) is 56.4 Å². The highest BCUT2D eigenvalue weighted by Crippen LogP contribution is 2.23. The summed E-state index contributed by atoms with van der Waals surface area (Å²) in [5, 5.41) is 14.5. The van der Waals surface area contributed by atoms with Gasteiger partial charge in [0.15, 0.2) is 0 Å². The predicted molar refractivity (Wildman–Crippen MR) is 80.8 cm³/mol. The topological polar surface area (TPSA) is 68.1 Å². The highest BCUT2D eigenvalue weighted by Gasteiger charge is 2.18. The lowest BCUT2D eigenvalue weighted by Gasteiger charge is -2.14. The van der Waals surface area contributed by atoms with Gasteiger partial charge in [-0.1, -0.05) is 26.2 Å². The first kappa shape index (κ1) is 16.6. The largest absolute Gasteiger partial charge is 0.309 e. The predicted octanol–water partition coefficient (Wildman–Crippen LogP) is 3.67. The highest BCUT2D eigenvalue weighted by molar-refractivity contribution is 5.47. The van der Waals surface area contributed by atoms with Crippen molar-refractivity contribution >= 4 is 5.69 Å². The van der Waals surface area contributed by atoms with Crippen molar-refractivity contribution in [3.63, 3.8) is 0 Å². The normalized spacial score (nSPS) is 12.4. The molecule has 1 rings (SSSR count). The zero-order chi connectivity index (χ0) is 15.1. The van der Waals surface area contributed by atoms with Gasteiger partial charge in [-0.05, 0) is 27.2 Å². The van der Waals surface area contributed by atoms with Crippen LogP contribution in [0.3, 0.4) is 0 Å². The molecule has 0 radical (unpaired) electrons. The van der Waals surface area contributed by atoms with Crippen molar-refractivity contribution in [2.75, 3.05) is 0 Å². The first-order valence-corrected chi connectivity index (χ1v) is 7.30. The van der Waals surface area contributed by atoms with E-state index in [-0.39, 0.29) is 10.6 Å². The molecule has 5 heteroatoms. The SMILES string of the molecule is CCCCCC(C)NCc1ncc(C)c([N+](=O)[O-])c1C. The van der Waals surface area contributed by atoms with Crippen molar-refractivity contribution in [3.05, 3.63) is 33.1 Å². The maximum Gasteiger partial charge on any atom is 0.278 e. The second kappa shape index (κ2) is 7.94. The summed E-state index contributed by atoms with van der Waals surface area (Å²) in [5.74, 6) is 0. The summed E-state index contributed by atoms with van der Waals surface area (Å²) in [6, 6.07) is 0.406. The van der Waals surface area contributed by atoms with Gasteiger partial charge in [-0.15, -0.1) is 0 Å². The van der Waals surface area contributed by atoms with E-state index in [1.807, 2.05) is 0 Å². The molecular weight excluding hydrogens is 254 g/mol. The first-order valence-electron chi connectivity index (χ1n) is 7.30. The summed E-state index contributed by atoms with van der Waals surface area (Å²) < 4.78 is 0. The number of nitro groups is 1. The molecule has 0 aliphatic carbocycles. The molecule has 1 heterocycles. The Bertz CT molecular complexity index is 461. The van der Waals surface area contributed by atoms with Crippen LogP contribution in [-0.4, -0.2) is 15.9 Å². The van der Waals surface area contributed by atoms with Gasteiger partial charge in [0.2, 0.25) is 0 Å². The third-order valence-corrected chi connectivity index (χ3v) is 3.62. The van der Waals surface area contributed by atoms with Crippen LogP contribution in [0.4, 0.5) is 5.69 Å². The third kappa shape index (κ3) is 4.56. The summed E-state index contributed by atoms with van der Waals surface area (Å²) in [5.41, 5.74) is 2.25. The van der Waals surface area contributed by atoms with E-state index >= 15 is 0 Å². The summed E-state index contributed by atoms with van der Waals surface area (Å²) in [7, 11) is 0. The number of aromatic nitrogens is 1. The highest BCUT2D eigenvalue weighted by atomic mass is 16.6. The van der Waals surface area contributed by atoms with Crippen molar-refractivity contribution in [2.45, 2.75) is 66.0 Å². The van der Waals surface area contributed by atoms with E-state index in [9.17, 15) is 10.1 Å². The van der Waals surface area contributed by atoms with Crippen LogP contribution >= 0.6 is 0 Å². The van der Waals surface area contributed by atoms with E-state index in [0.717, 1.165) is 12.1 Å². The maximum absolute atomic E-state index is 11.1. The zero-order valence-corrected chi connectivity index (χ0v) is 12.9. The molecule has 0 amide bonds. The van der Waals surface area contributed by atoms with Gasteiger partial charge in [0.25, 0.3) is 5.69 Å². The lowest BCUT2D eigenvalue weighted by molar-refractivity contribution is -0.386. The second-order valence-electron chi connectivity index (χ2n) is 5.40. The fraction of sp³-hybridized carbons (Fsp3) is 0.667. The lowest BCUT2D eigenvalue weighted by atomic mass is 10.1. The summed E-state index contributed by atoms with van der Waals surface area (Å²) in [6.45, 7) is 8.42. The molecule has 1 atom stereocenters. The van der Waals surface area contributed by atoms with E-state index in [4.69, 9.17) is 0 Å². The van der Waals surface area contributed by atoms with Crippen molar-refractivity contribution in [1.29, 1.82) is 0 Å². The number of pyridine rings is 1. The Labute approximate surface area is 121 Å². The van der Waals surface area contributed by atoms with Crippen molar-refractivity contribution in [3.8, 4) is 0 Å². The number of nitrogens with one attached hydrogen (secondary N) is 1. The minimum Gasteiger partial charge on any atom is -0.309 e. The Morgan fingerprint density at radius 3 is 2.70 bits per heavy atom. The third-order valence-electron chi connectivity index (χ3n) is 3.62. The minimum absolute atomic E-state index is 0.190. The molecule has 0 bridgehead atoms. The van der Waals surface area contributed by atoms with E-state index in [2.05, 4.69) is 24.1 Å². The molecule has 5 nitrogen and oxygen atoms in total. The van der Waals surface area contributed by atoms with Crippen LogP contribution in [-0.2, 0) is 6.54 Å². The van der Waals surface area contributed by atoms with Gasteiger partial charge in [0.1, 0.15) is 0 Å². The van der Waals surface area contributed by atoms with E-state index in [0.29, 0.717) is 23.7 Å². The monoisotopic (exact) mass is 279 g/mol. The van der Waals surface area contributed by atoms with Gasteiger partial charge < -0.3 is 5.32 Å². The molecule has 0 aliphatic rings. The van der Waals surface area contributed by atoms with Crippen LogP contribution in [0.15, 0.2) is 6.20 Å². The molecule has 1 aromatic heterocycles. The lowest BCUT2D eigenvalue weighted by Crippen LogP contribution is -2.26. The van der Waals surface area contributed by atoms with E-state index in [1.54, 1.807) is 20.0 Å². The molecule has 0 saturated heterocycles. The van der Waals surface area contributed by atoms with Crippen molar-refractivity contribution in [2.24, 2.45) is 0 Å². The van der Waals surface area contributed by atoms with Gasteiger partial charge in [-0.25, -0.2) is 0 Å². The number of hydrogen-bond donors (Lipinski definition) is 1. The van der Waals surface area contributed by atoms with Crippen LogP contribution in [0, 0.1) is 24.0 Å². The maximum atomic E-state index is 11.1. The molecule has 0 fully saturated rings. The Kier molecular flexibility index (Phi) is 6.58. The second-order valence-corrected chi connectivity index (χ2v) is 5.40. The standard InChI is InChI=1S/C15H25N3O2/c1-5-6-7-8-12(3)16-10-14-13(4)15(18(19)20)11(2)9-17-14/h9,12,16H,5-8,10H2,1-4H3. The van der Waals surface area contributed by atoms with Crippen molar-refractivity contribution < 1.29 is 4.92 Å². The molecule has 0 saturated carbocycles. The Morgan fingerprint density at radius 2 is 2.10 bits per heavy atom. The van der Waals surface area contributed by atoms with Crippen LogP contribution in [0.2, 0.25) is 0 Å². The fourth-order valence-corrected chi connectivity index (χ4v) is 2.30. The minimum atomic E-state index is -0.319. The molecular formula is C15H25N3O2. The summed E-state index contributed by atoms with van der Waals surface area (Å²) in [6.07, 6.45) is 6.40. The quantitative estimate of drug-likeness (QED) is 0.448. The summed E-state index contributed by atoms with van der Waals surface area (Å²) in [4.78, 5) is 15.1. The van der Waals surface area contributed by atoms with Gasteiger partial charge >= 0.3 is 0 Å². The number of nitrogens with zero attached hydrogens (tertiary/aromatic N) is 2. The van der Waals surface area contributed by atoms with E-state index in [1.165, 1.54) is 19.3 Å². The van der Waals surface area contributed by atoms with Crippen LogP contribution in [0.25, 0.3) is 0 Å². The number of rotatable bonds is 8. The smallest absolute Gasteiger partial charge is 0.278 e. The van der Waals surface area contributed by atoms with Crippen LogP contribution < -0.4 is 5.32 Å². The van der Waals surface area contributed by atoms with E-state index < -0.39 is 0 Å². The average molecular weight is 279 g/mol. The summed E-state index contributed by atoms with van der Waals surface area (Å²) >= 11 is 0. The zero-order valence-electron chi connectivity index (χ0n) is 12.9. The number of unbranched alkanes of at least 4 members (excludes halogenated alkanes) is 2. The molecule has 1 aromatic rings. The molecule has 0 spiro atoms. The fourth-order valence-electron chi connectivity index (χ4n) is 2.30. The molecule has 20 heavy (non-hydrogen) atoms. The van der Waals surface area contributed by atoms with Gasteiger partial charge in [0.05, 0.1) is 10.6 Å². The Morgan fingerprint density at radius 1 is 1.40 bits per heavy atom. The number of hydrogen-bond acceptors (Lipinski definition) is 4.